The zero-order valence-corrected chi connectivity index (χ0v) is 12.4. The number of hydrogen-bond acceptors (Lipinski definition) is 2. The highest BCUT2D eigenvalue weighted by Crippen LogP contribution is 2.27. The first kappa shape index (κ1) is 14.4. The first-order valence-electron chi connectivity index (χ1n) is 7.78. The maximum atomic E-state index is 6.47. The first-order valence-corrected chi connectivity index (χ1v) is 7.78. The van der Waals surface area contributed by atoms with Crippen molar-refractivity contribution in [1.29, 1.82) is 0 Å². The molecule has 0 aliphatic heterocycles. The van der Waals surface area contributed by atoms with Crippen molar-refractivity contribution in [3.05, 3.63) is 29.8 Å². The second-order valence-electron chi connectivity index (χ2n) is 5.89. The van der Waals surface area contributed by atoms with E-state index in [4.69, 9.17) is 5.73 Å². The van der Waals surface area contributed by atoms with Gasteiger partial charge >= 0.3 is 0 Å². The third-order valence-corrected chi connectivity index (χ3v) is 4.52. The van der Waals surface area contributed by atoms with Gasteiger partial charge in [-0.3, -0.25) is 0 Å². The molecule has 1 saturated carbocycles. The highest BCUT2D eigenvalue weighted by Gasteiger charge is 2.22. The third-order valence-electron chi connectivity index (χ3n) is 4.52. The molecule has 106 valence electrons. The highest BCUT2D eigenvalue weighted by molar-refractivity contribution is 5.53. The van der Waals surface area contributed by atoms with Crippen LogP contribution in [0.4, 0.5) is 5.69 Å². The van der Waals surface area contributed by atoms with Crippen molar-refractivity contribution in [3.63, 3.8) is 0 Å². The van der Waals surface area contributed by atoms with Crippen molar-refractivity contribution in [1.82, 2.24) is 0 Å². The fourth-order valence-electron chi connectivity index (χ4n) is 3.28. The topological polar surface area (TPSA) is 29.3 Å². The molecule has 0 spiro atoms. The quantitative estimate of drug-likeness (QED) is 0.874. The molecule has 2 nitrogen and oxygen atoms in total. The highest BCUT2D eigenvalue weighted by atomic mass is 15.1. The van der Waals surface area contributed by atoms with E-state index in [1.54, 1.807) is 0 Å². The van der Waals surface area contributed by atoms with Gasteiger partial charge in [-0.25, -0.2) is 0 Å². The average Bonchev–Trinajstić information content (AvgIpc) is 2.46. The largest absolute Gasteiger partial charge is 0.370 e. The van der Waals surface area contributed by atoms with Gasteiger partial charge in [-0.2, -0.15) is 0 Å². The molecule has 1 aliphatic rings. The summed E-state index contributed by atoms with van der Waals surface area (Å²) in [5, 5.41) is 0. The van der Waals surface area contributed by atoms with E-state index in [1.165, 1.54) is 43.4 Å². The zero-order valence-electron chi connectivity index (χ0n) is 12.4. The summed E-state index contributed by atoms with van der Waals surface area (Å²) in [6.45, 7) is 6.43. The van der Waals surface area contributed by atoms with E-state index in [1.807, 2.05) is 0 Å². The third kappa shape index (κ3) is 3.73. The Morgan fingerprint density at radius 1 is 1.21 bits per heavy atom. The molecular weight excluding hydrogens is 232 g/mol. The Morgan fingerprint density at radius 3 is 2.53 bits per heavy atom. The Morgan fingerprint density at radius 2 is 1.89 bits per heavy atom. The summed E-state index contributed by atoms with van der Waals surface area (Å²) in [6, 6.07) is 8.95. The van der Waals surface area contributed by atoms with Gasteiger partial charge in [-0.15, -0.1) is 0 Å². The number of likely N-dealkylation sites (N-methyl/N-ethyl adjacent to an activating group) is 1. The molecule has 0 saturated heterocycles. The normalized spacial score (nSPS) is 18.3. The summed E-state index contributed by atoms with van der Waals surface area (Å²) >= 11 is 0. The number of nitrogens with zero attached hydrogens (tertiary/aromatic N) is 1. The lowest BCUT2D eigenvalue weighted by molar-refractivity contribution is 0.305. The van der Waals surface area contributed by atoms with Crippen LogP contribution < -0.4 is 10.6 Å². The Balaban J connectivity index is 2.00. The lowest BCUT2D eigenvalue weighted by Crippen LogP contribution is -2.43. The maximum Gasteiger partial charge on any atom is 0.0396 e. The van der Waals surface area contributed by atoms with Gasteiger partial charge in [0.2, 0.25) is 0 Å². The van der Waals surface area contributed by atoms with Crippen molar-refractivity contribution in [3.8, 4) is 0 Å². The van der Waals surface area contributed by atoms with Gasteiger partial charge in [0.25, 0.3) is 0 Å². The number of anilines is 1. The van der Waals surface area contributed by atoms with Crippen LogP contribution in [-0.4, -0.2) is 19.1 Å². The summed E-state index contributed by atoms with van der Waals surface area (Å²) in [7, 11) is 0. The van der Waals surface area contributed by atoms with Crippen LogP contribution in [0.2, 0.25) is 0 Å². The molecule has 2 heteroatoms. The summed E-state index contributed by atoms with van der Waals surface area (Å²) in [5.41, 5.74) is 9.16. The minimum absolute atomic E-state index is 0.319. The number of rotatable bonds is 5. The minimum Gasteiger partial charge on any atom is -0.370 e. The standard InChI is InChI=1S/C17H28N2/c1-3-19(17-12-8-7-9-14(17)2)13-16(18)15-10-5-4-6-11-15/h7-9,12,15-16H,3-6,10-11,13,18H2,1-2H3. The predicted octanol–water partition coefficient (Wildman–Crippen LogP) is 3.73. The van der Waals surface area contributed by atoms with Gasteiger partial charge in [0, 0.05) is 24.8 Å². The van der Waals surface area contributed by atoms with E-state index in [0.717, 1.165) is 19.0 Å². The summed E-state index contributed by atoms with van der Waals surface area (Å²) in [4.78, 5) is 2.44. The molecule has 0 amide bonds. The summed E-state index contributed by atoms with van der Waals surface area (Å²) in [5.74, 6) is 0.729. The second-order valence-corrected chi connectivity index (χ2v) is 5.89. The molecule has 0 bridgehead atoms. The first-order chi connectivity index (χ1) is 9.22. The van der Waals surface area contributed by atoms with Crippen molar-refractivity contribution in [2.75, 3.05) is 18.0 Å². The number of para-hydroxylation sites is 1. The van der Waals surface area contributed by atoms with Gasteiger partial charge in [-0.1, -0.05) is 37.5 Å². The van der Waals surface area contributed by atoms with Crippen molar-refractivity contribution in [2.24, 2.45) is 11.7 Å². The molecule has 19 heavy (non-hydrogen) atoms. The predicted molar refractivity (Wildman–Crippen MR) is 83.6 cm³/mol. The lowest BCUT2D eigenvalue weighted by Gasteiger charge is -2.33. The Hall–Kier alpha value is -1.02. The van der Waals surface area contributed by atoms with Crippen molar-refractivity contribution < 1.29 is 0 Å². The van der Waals surface area contributed by atoms with Gasteiger partial charge in [-0.05, 0) is 44.2 Å². The zero-order chi connectivity index (χ0) is 13.7. The molecule has 1 aromatic rings. The molecule has 2 N–H and O–H groups in total. The summed E-state index contributed by atoms with van der Waals surface area (Å²) < 4.78 is 0. The van der Waals surface area contributed by atoms with Crippen LogP contribution in [0.15, 0.2) is 24.3 Å². The number of hydrogen-bond donors (Lipinski definition) is 1. The smallest absolute Gasteiger partial charge is 0.0396 e. The fourth-order valence-corrected chi connectivity index (χ4v) is 3.28. The van der Waals surface area contributed by atoms with Crippen molar-refractivity contribution >= 4 is 5.69 Å². The van der Waals surface area contributed by atoms with Crippen LogP contribution in [0.1, 0.15) is 44.6 Å². The number of aryl methyl sites for hydroxylation is 1. The van der Waals surface area contributed by atoms with Gasteiger partial charge in [0.1, 0.15) is 0 Å². The average molecular weight is 260 g/mol. The molecular formula is C17H28N2. The van der Waals surface area contributed by atoms with E-state index >= 15 is 0 Å². The lowest BCUT2D eigenvalue weighted by atomic mass is 9.84. The number of benzene rings is 1. The molecule has 0 heterocycles. The van der Waals surface area contributed by atoms with Crippen LogP contribution in [-0.2, 0) is 0 Å². The van der Waals surface area contributed by atoms with Crippen LogP contribution in [0.3, 0.4) is 0 Å². The summed E-state index contributed by atoms with van der Waals surface area (Å²) in [6.07, 6.45) is 6.79. The molecule has 1 fully saturated rings. The van der Waals surface area contributed by atoms with Crippen LogP contribution in [0.25, 0.3) is 0 Å². The molecule has 0 radical (unpaired) electrons. The van der Waals surface area contributed by atoms with E-state index in [0.29, 0.717) is 6.04 Å². The van der Waals surface area contributed by atoms with Crippen LogP contribution in [0.5, 0.6) is 0 Å². The molecule has 1 atom stereocenters. The van der Waals surface area contributed by atoms with Crippen LogP contribution in [0, 0.1) is 12.8 Å². The molecule has 1 aromatic carbocycles. The molecule has 1 unspecified atom stereocenters. The fraction of sp³-hybridized carbons (Fsp3) is 0.647. The van der Waals surface area contributed by atoms with Gasteiger partial charge in [0.05, 0.1) is 0 Å². The van der Waals surface area contributed by atoms with Gasteiger partial charge in [0.15, 0.2) is 0 Å². The number of nitrogens with two attached hydrogens (primary N) is 1. The van der Waals surface area contributed by atoms with Crippen molar-refractivity contribution in [2.45, 2.75) is 52.0 Å². The molecule has 1 aliphatic carbocycles. The molecule has 2 rings (SSSR count). The van der Waals surface area contributed by atoms with E-state index < -0.39 is 0 Å². The Labute approximate surface area is 118 Å². The monoisotopic (exact) mass is 260 g/mol. The van der Waals surface area contributed by atoms with Gasteiger partial charge < -0.3 is 10.6 Å². The Bertz CT molecular complexity index is 383. The second kappa shape index (κ2) is 6.95. The maximum absolute atomic E-state index is 6.47. The van der Waals surface area contributed by atoms with E-state index in [9.17, 15) is 0 Å². The minimum atomic E-state index is 0.319. The van der Waals surface area contributed by atoms with Crippen LogP contribution >= 0.6 is 0 Å². The molecule has 0 aromatic heterocycles. The van der Waals surface area contributed by atoms with E-state index in [2.05, 4.69) is 43.0 Å². The Kier molecular flexibility index (Phi) is 5.26. The van der Waals surface area contributed by atoms with E-state index in [-0.39, 0.29) is 0 Å². The SMILES string of the molecule is CCN(CC(N)C1CCCCC1)c1ccccc1C.